The molecular weight excluding hydrogens is 326 g/mol. The Morgan fingerprint density at radius 2 is 2.16 bits per heavy atom. The van der Waals surface area contributed by atoms with Gasteiger partial charge in [-0.2, -0.15) is 0 Å². The Labute approximate surface area is 146 Å². The molecule has 3 aliphatic heterocycles. The van der Waals surface area contributed by atoms with Crippen LogP contribution in [0, 0.1) is 5.92 Å². The normalized spacial score (nSPS) is 41.2. The van der Waals surface area contributed by atoms with Crippen LogP contribution in [0.15, 0.2) is 15.0 Å². The van der Waals surface area contributed by atoms with Gasteiger partial charge in [-0.05, 0) is 12.8 Å². The summed E-state index contributed by atoms with van der Waals surface area (Å²) >= 11 is 0. The molecule has 1 aliphatic carbocycles. The van der Waals surface area contributed by atoms with Crippen LogP contribution in [0.2, 0.25) is 0 Å². The number of amidine groups is 2. The summed E-state index contributed by atoms with van der Waals surface area (Å²) in [5.41, 5.74) is 6.15. The van der Waals surface area contributed by atoms with E-state index in [0.29, 0.717) is 11.8 Å². The molecule has 1 saturated carbocycles. The molecule has 0 aromatic rings. The van der Waals surface area contributed by atoms with Crippen LogP contribution in [-0.4, -0.2) is 83.6 Å². The van der Waals surface area contributed by atoms with Gasteiger partial charge in [0, 0.05) is 13.0 Å². The highest BCUT2D eigenvalue weighted by Gasteiger charge is 2.51. The lowest BCUT2D eigenvalue weighted by molar-refractivity contribution is -0.0855. The number of aliphatic hydroxyl groups is 2. The number of fused-ring (bicyclic) bond motifs is 1. The number of methoxy groups -OCH3 is 1. The number of ether oxygens (including phenoxy) is 2. The van der Waals surface area contributed by atoms with Gasteiger partial charge >= 0.3 is 0 Å². The Morgan fingerprint density at radius 3 is 2.84 bits per heavy atom. The molecule has 6 atom stereocenters. The lowest BCUT2D eigenvalue weighted by atomic mass is 10.0. The standard InChI is InChI=1S/C16H25N5O4/c1-24-12-11(23)9(6-22)25-16(12)21-7-18-10-13(17)19-14(20-15(10)21)8-4-2-3-5-8/h7-12,15-16,22-23H,2-6H2,1H3,(H2,17,19,20). The second-order valence-electron chi connectivity index (χ2n) is 7.01. The minimum atomic E-state index is -0.916. The van der Waals surface area contributed by atoms with Gasteiger partial charge in [0.05, 0.1) is 12.9 Å². The first kappa shape index (κ1) is 16.9. The molecule has 9 heteroatoms. The van der Waals surface area contributed by atoms with Crippen LogP contribution < -0.4 is 5.73 Å². The predicted octanol–water partition coefficient (Wildman–Crippen LogP) is -0.922. The van der Waals surface area contributed by atoms with E-state index in [1.165, 1.54) is 20.0 Å². The molecule has 0 bridgehead atoms. The highest BCUT2D eigenvalue weighted by molar-refractivity contribution is 6.03. The summed E-state index contributed by atoms with van der Waals surface area (Å²) < 4.78 is 11.2. The van der Waals surface area contributed by atoms with Crippen molar-refractivity contribution in [2.75, 3.05) is 13.7 Å². The molecule has 0 aromatic heterocycles. The lowest BCUT2D eigenvalue weighted by Gasteiger charge is -2.34. The molecule has 3 heterocycles. The maximum atomic E-state index is 10.3. The molecule has 2 fully saturated rings. The van der Waals surface area contributed by atoms with Crippen molar-refractivity contribution in [2.45, 2.75) is 62.4 Å². The summed E-state index contributed by atoms with van der Waals surface area (Å²) in [4.78, 5) is 15.6. The van der Waals surface area contributed by atoms with Crippen molar-refractivity contribution < 1.29 is 19.7 Å². The van der Waals surface area contributed by atoms with Gasteiger partial charge in [0.2, 0.25) is 0 Å². The first-order valence-corrected chi connectivity index (χ1v) is 8.83. The Morgan fingerprint density at radius 1 is 1.40 bits per heavy atom. The van der Waals surface area contributed by atoms with E-state index in [2.05, 4.69) is 9.98 Å². The summed E-state index contributed by atoms with van der Waals surface area (Å²) in [6, 6.07) is -0.350. The van der Waals surface area contributed by atoms with E-state index in [-0.39, 0.29) is 18.8 Å². The molecule has 9 nitrogen and oxygen atoms in total. The predicted molar refractivity (Wildman–Crippen MR) is 91.5 cm³/mol. The number of rotatable bonds is 4. The third-order valence-corrected chi connectivity index (χ3v) is 5.54. The van der Waals surface area contributed by atoms with Crippen LogP contribution in [-0.2, 0) is 9.47 Å². The van der Waals surface area contributed by atoms with E-state index < -0.39 is 24.5 Å². The first-order valence-electron chi connectivity index (χ1n) is 8.83. The number of aliphatic imine (C=N–C) groups is 3. The number of nitrogens with two attached hydrogens (primary N) is 1. The molecule has 138 valence electrons. The summed E-state index contributed by atoms with van der Waals surface area (Å²) in [6.07, 6.45) is 3.03. The van der Waals surface area contributed by atoms with E-state index in [4.69, 9.17) is 20.2 Å². The van der Waals surface area contributed by atoms with Crippen molar-refractivity contribution in [3.63, 3.8) is 0 Å². The largest absolute Gasteiger partial charge is 0.394 e. The Bertz CT molecular complexity index is 603. The zero-order chi connectivity index (χ0) is 17.6. The van der Waals surface area contributed by atoms with Crippen LogP contribution in [0.3, 0.4) is 0 Å². The average molecular weight is 351 g/mol. The van der Waals surface area contributed by atoms with Crippen LogP contribution in [0.5, 0.6) is 0 Å². The monoisotopic (exact) mass is 351 g/mol. The maximum Gasteiger partial charge on any atom is 0.162 e. The number of hydrogen-bond donors (Lipinski definition) is 3. The second-order valence-corrected chi connectivity index (χ2v) is 7.01. The summed E-state index contributed by atoms with van der Waals surface area (Å²) in [7, 11) is 1.51. The van der Waals surface area contributed by atoms with Gasteiger partial charge in [-0.25, -0.2) is 9.98 Å². The zero-order valence-electron chi connectivity index (χ0n) is 14.2. The second kappa shape index (κ2) is 6.64. The minimum Gasteiger partial charge on any atom is -0.394 e. The maximum absolute atomic E-state index is 10.3. The molecule has 4 N–H and O–H groups in total. The van der Waals surface area contributed by atoms with Gasteiger partial charge in [-0.15, -0.1) is 0 Å². The molecule has 1 saturated heterocycles. The average Bonchev–Trinajstić information content (AvgIpc) is 3.32. The Balaban J connectivity index is 1.59. The van der Waals surface area contributed by atoms with Gasteiger partial charge in [-0.3, -0.25) is 4.99 Å². The van der Waals surface area contributed by atoms with E-state index in [1.54, 1.807) is 6.34 Å². The van der Waals surface area contributed by atoms with Gasteiger partial charge in [-0.1, -0.05) is 12.8 Å². The smallest absolute Gasteiger partial charge is 0.162 e. The third-order valence-electron chi connectivity index (χ3n) is 5.54. The Kier molecular flexibility index (Phi) is 4.48. The van der Waals surface area contributed by atoms with Crippen molar-refractivity contribution in [3.8, 4) is 0 Å². The van der Waals surface area contributed by atoms with Crippen LogP contribution in [0.4, 0.5) is 0 Å². The summed E-state index contributed by atoms with van der Waals surface area (Å²) in [5.74, 6) is 1.60. The van der Waals surface area contributed by atoms with Crippen molar-refractivity contribution >= 4 is 18.0 Å². The zero-order valence-corrected chi connectivity index (χ0v) is 14.2. The van der Waals surface area contributed by atoms with E-state index in [1.807, 2.05) is 4.90 Å². The molecule has 0 radical (unpaired) electrons. The third kappa shape index (κ3) is 2.75. The summed E-state index contributed by atoms with van der Waals surface area (Å²) in [5, 5.41) is 19.7. The quantitative estimate of drug-likeness (QED) is 0.601. The first-order chi connectivity index (χ1) is 12.1. The van der Waals surface area contributed by atoms with Crippen molar-refractivity contribution in [2.24, 2.45) is 26.6 Å². The van der Waals surface area contributed by atoms with Crippen LogP contribution in [0.1, 0.15) is 25.7 Å². The Hall–Kier alpha value is -1.55. The summed E-state index contributed by atoms with van der Waals surface area (Å²) in [6.45, 7) is -0.281. The fourth-order valence-electron chi connectivity index (χ4n) is 4.15. The fourth-order valence-corrected chi connectivity index (χ4v) is 4.15. The topological polar surface area (TPSA) is 125 Å². The fraction of sp³-hybridized carbons (Fsp3) is 0.812. The van der Waals surface area contributed by atoms with Crippen molar-refractivity contribution in [1.82, 2.24) is 4.90 Å². The molecular formula is C16H25N5O4. The van der Waals surface area contributed by atoms with Gasteiger partial charge < -0.3 is 30.3 Å². The molecule has 6 unspecified atom stereocenters. The molecule has 4 rings (SSSR count). The molecule has 0 aromatic carbocycles. The van der Waals surface area contributed by atoms with E-state index in [0.717, 1.165) is 18.7 Å². The van der Waals surface area contributed by atoms with Crippen LogP contribution in [0.25, 0.3) is 0 Å². The lowest BCUT2D eigenvalue weighted by Crippen LogP contribution is -2.52. The highest BCUT2D eigenvalue weighted by Crippen LogP contribution is 2.33. The SMILES string of the molecule is COC1C(O)C(CO)OC1N1C=NC2C(N)=NC(C3CCCC3)=NC21. The number of hydrogen-bond acceptors (Lipinski definition) is 9. The van der Waals surface area contributed by atoms with Gasteiger partial charge in [0.1, 0.15) is 36.0 Å². The minimum absolute atomic E-state index is 0.281. The van der Waals surface area contributed by atoms with Gasteiger partial charge in [0.15, 0.2) is 12.4 Å². The molecule has 0 amide bonds. The number of aliphatic hydroxyl groups excluding tert-OH is 2. The van der Waals surface area contributed by atoms with Gasteiger partial charge in [0.25, 0.3) is 0 Å². The molecule has 4 aliphatic rings. The van der Waals surface area contributed by atoms with E-state index in [9.17, 15) is 10.2 Å². The highest BCUT2D eigenvalue weighted by atomic mass is 16.6. The van der Waals surface area contributed by atoms with Crippen molar-refractivity contribution in [1.29, 1.82) is 0 Å². The van der Waals surface area contributed by atoms with Crippen molar-refractivity contribution in [3.05, 3.63) is 0 Å². The number of nitrogens with zero attached hydrogens (tertiary/aromatic N) is 4. The van der Waals surface area contributed by atoms with E-state index >= 15 is 0 Å². The molecule has 25 heavy (non-hydrogen) atoms. The molecule has 0 spiro atoms. The van der Waals surface area contributed by atoms with Crippen LogP contribution >= 0.6 is 0 Å².